The Labute approximate surface area is 268 Å². The van der Waals surface area contributed by atoms with Gasteiger partial charge in [-0.25, -0.2) is 0 Å². The van der Waals surface area contributed by atoms with Gasteiger partial charge in [0.05, 0.1) is 19.6 Å². The fourth-order valence-corrected chi connectivity index (χ4v) is 12.2. The Morgan fingerprint density at radius 1 is 0.864 bits per heavy atom. The molecule has 4 aliphatic carbocycles. The number of hydrogen-bond acceptors (Lipinski definition) is 5. The van der Waals surface area contributed by atoms with Crippen molar-refractivity contribution in [1.29, 1.82) is 0 Å². The van der Waals surface area contributed by atoms with Crippen molar-refractivity contribution < 1.29 is 23.5 Å². The van der Waals surface area contributed by atoms with Crippen LogP contribution in [0.2, 0.25) is 0 Å². The van der Waals surface area contributed by atoms with Crippen LogP contribution in [0.5, 0.6) is 0 Å². The molecule has 0 aromatic carbocycles. The zero-order valence-electron chi connectivity index (χ0n) is 28.6. The molecule has 6 aliphatic rings. The molecule has 0 aromatic heterocycles. The molecule has 2 aliphatic heterocycles. The van der Waals surface area contributed by atoms with Crippen molar-refractivity contribution in [3.8, 4) is 0 Å². The number of ether oxygens (including phenoxy) is 2. The third kappa shape index (κ3) is 5.60. The van der Waals surface area contributed by atoms with Crippen molar-refractivity contribution in [2.45, 2.75) is 148 Å². The summed E-state index contributed by atoms with van der Waals surface area (Å²) in [6.07, 6.45) is 19.2. The Kier molecular flexibility index (Phi) is 9.62. The van der Waals surface area contributed by atoms with Crippen LogP contribution in [0, 0.1) is 34.5 Å². The molecule has 6 rings (SSSR count). The molecule has 0 amide bonds. The van der Waals surface area contributed by atoms with Crippen LogP contribution in [-0.2, 0) is 19.1 Å². The molecular weight excluding hydrogens is 548 g/mol. The van der Waals surface area contributed by atoms with E-state index in [0.29, 0.717) is 48.6 Å². The second-order valence-electron chi connectivity index (χ2n) is 16.5. The van der Waals surface area contributed by atoms with Gasteiger partial charge in [0.25, 0.3) is 0 Å². The molecule has 248 valence electrons. The molecule has 6 nitrogen and oxygen atoms in total. The van der Waals surface area contributed by atoms with E-state index in [-0.39, 0.29) is 35.0 Å². The summed E-state index contributed by atoms with van der Waals surface area (Å²) >= 11 is 0. The van der Waals surface area contributed by atoms with E-state index in [1.165, 1.54) is 77.3 Å². The molecule has 2 saturated heterocycles. The first-order valence-electron chi connectivity index (χ1n) is 18.8. The topological polar surface area (TPSA) is 55.8 Å². The highest BCUT2D eigenvalue weighted by Gasteiger charge is 2.67. The Bertz CT molecular complexity index is 1050. The van der Waals surface area contributed by atoms with Gasteiger partial charge in [0.1, 0.15) is 12.1 Å². The molecule has 0 radical (unpaired) electrons. The van der Waals surface area contributed by atoms with Crippen molar-refractivity contribution in [2.75, 3.05) is 32.7 Å². The van der Waals surface area contributed by atoms with E-state index < -0.39 is 0 Å². The molecule has 0 spiro atoms. The van der Waals surface area contributed by atoms with Crippen LogP contribution in [0.25, 0.3) is 0 Å². The smallest absolute Gasteiger partial charge is 0.306 e. The molecule has 44 heavy (non-hydrogen) atoms. The Balaban J connectivity index is 1.30. The fourth-order valence-electron chi connectivity index (χ4n) is 12.2. The van der Waals surface area contributed by atoms with E-state index in [0.717, 1.165) is 43.4 Å². The van der Waals surface area contributed by atoms with Gasteiger partial charge in [-0.05, 0) is 119 Å². The van der Waals surface area contributed by atoms with Gasteiger partial charge >= 0.3 is 11.9 Å². The van der Waals surface area contributed by atoms with Gasteiger partial charge in [-0.15, -0.1) is 0 Å². The number of esters is 2. The molecule has 6 heteroatoms. The van der Waals surface area contributed by atoms with Crippen LogP contribution in [0.1, 0.15) is 124 Å². The number of hydrogen-bond donors (Lipinski definition) is 0. The van der Waals surface area contributed by atoms with Crippen LogP contribution in [0.15, 0.2) is 12.7 Å². The zero-order valence-corrected chi connectivity index (χ0v) is 28.6. The lowest BCUT2D eigenvalue weighted by Gasteiger charge is -2.62. The second-order valence-corrected chi connectivity index (χ2v) is 16.5. The monoisotopic (exact) mass is 611 g/mol. The largest absolute Gasteiger partial charge is 0.461 e. The van der Waals surface area contributed by atoms with Crippen molar-refractivity contribution >= 4 is 11.9 Å². The number of quaternary nitrogens is 1. The molecule has 10 atom stereocenters. The van der Waals surface area contributed by atoms with Crippen LogP contribution in [0.3, 0.4) is 0 Å². The van der Waals surface area contributed by atoms with Gasteiger partial charge < -0.3 is 14.0 Å². The Morgan fingerprint density at radius 2 is 1.55 bits per heavy atom. The standard InChI is InChI=1S/C38H63N2O4/c1-6-21-40(22-13-10-14-23-40)32-25-30-28-16-15-27-24-33(43-34(41)7-2)31(39-19-11-9-12-20-39)26-38(27,5)29(28)17-18-37(30,4)36(32)44-35(42)8-3/h6,27-33,36H,1,7-26H2,2-5H3/q+1/t27-,28?,29?,30?,31-,32-,33-,36+,37-,38-/m0/s1. The highest BCUT2D eigenvalue weighted by molar-refractivity contribution is 5.69. The first kappa shape index (κ1) is 32.5. The minimum Gasteiger partial charge on any atom is -0.461 e. The van der Waals surface area contributed by atoms with Crippen LogP contribution in [0.4, 0.5) is 0 Å². The average molecular weight is 612 g/mol. The van der Waals surface area contributed by atoms with Crippen LogP contribution >= 0.6 is 0 Å². The number of carbonyl (C=O) groups excluding carboxylic acids is 2. The molecule has 0 bridgehead atoms. The van der Waals surface area contributed by atoms with Gasteiger partial charge in [-0.1, -0.05) is 40.7 Å². The van der Waals surface area contributed by atoms with Gasteiger partial charge in [0, 0.05) is 30.7 Å². The number of nitrogens with zero attached hydrogens (tertiary/aromatic N) is 2. The molecule has 0 aromatic rings. The highest BCUT2D eigenvalue weighted by Crippen LogP contribution is 2.68. The van der Waals surface area contributed by atoms with E-state index in [2.05, 4.69) is 31.4 Å². The third-order valence-electron chi connectivity index (χ3n) is 14.5. The maximum atomic E-state index is 13.0. The van der Waals surface area contributed by atoms with Crippen LogP contribution < -0.4 is 0 Å². The normalized spacial score (nSPS) is 43.6. The zero-order chi connectivity index (χ0) is 31.1. The number of carbonyl (C=O) groups is 2. The summed E-state index contributed by atoms with van der Waals surface area (Å²) in [6.45, 7) is 18.9. The molecule has 6 fully saturated rings. The quantitative estimate of drug-likeness (QED) is 0.164. The van der Waals surface area contributed by atoms with Crippen LogP contribution in [-0.4, -0.2) is 78.3 Å². The maximum Gasteiger partial charge on any atom is 0.306 e. The summed E-state index contributed by atoms with van der Waals surface area (Å²) in [5.41, 5.74) is 0.317. The van der Waals surface area contributed by atoms with E-state index >= 15 is 0 Å². The minimum absolute atomic E-state index is 0.00905. The van der Waals surface area contributed by atoms with E-state index in [9.17, 15) is 9.59 Å². The summed E-state index contributed by atoms with van der Waals surface area (Å²) in [7, 11) is 0. The Morgan fingerprint density at radius 3 is 2.23 bits per heavy atom. The van der Waals surface area contributed by atoms with Gasteiger partial charge in [-0.3, -0.25) is 14.5 Å². The van der Waals surface area contributed by atoms with E-state index in [1.54, 1.807) is 0 Å². The summed E-state index contributed by atoms with van der Waals surface area (Å²) in [5, 5.41) is 0. The van der Waals surface area contributed by atoms with Gasteiger partial charge in [0.2, 0.25) is 0 Å². The molecule has 2 heterocycles. The van der Waals surface area contributed by atoms with E-state index in [1.807, 2.05) is 13.8 Å². The first-order chi connectivity index (χ1) is 21.2. The van der Waals surface area contributed by atoms with Gasteiger partial charge in [0.15, 0.2) is 6.10 Å². The molecular formula is C38H63N2O4+. The summed E-state index contributed by atoms with van der Waals surface area (Å²) in [6, 6.07) is 0.733. The third-order valence-corrected chi connectivity index (χ3v) is 14.5. The maximum absolute atomic E-state index is 13.0. The molecule has 0 N–H and O–H groups in total. The lowest BCUT2D eigenvalue weighted by atomic mass is 9.44. The highest BCUT2D eigenvalue weighted by atomic mass is 16.5. The number of rotatable bonds is 8. The van der Waals surface area contributed by atoms with Crippen molar-refractivity contribution in [1.82, 2.24) is 4.90 Å². The Hall–Kier alpha value is -1.40. The summed E-state index contributed by atoms with van der Waals surface area (Å²) in [4.78, 5) is 28.3. The first-order valence-corrected chi connectivity index (χ1v) is 18.8. The molecule has 3 unspecified atom stereocenters. The minimum atomic E-state index is -0.0262. The number of likely N-dealkylation sites (tertiary alicyclic amines) is 2. The van der Waals surface area contributed by atoms with Gasteiger partial charge in [-0.2, -0.15) is 0 Å². The molecule has 4 saturated carbocycles. The fraction of sp³-hybridized carbons (Fsp3) is 0.895. The predicted octanol–water partition coefficient (Wildman–Crippen LogP) is 7.30. The second kappa shape index (κ2) is 13.0. The number of fused-ring (bicyclic) bond motifs is 5. The lowest BCUT2D eigenvalue weighted by Crippen LogP contribution is -2.63. The van der Waals surface area contributed by atoms with Crippen molar-refractivity contribution in [3.05, 3.63) is 12.7 Å². The summed E-state index contributed by atoms with van der Waals surface area (Å²) < 4.78 is 13.9. The lowest BCUT2D eigenvalue weighted by molar-refractivity contribution is -0.952. The van der Waals surface area contributed by atoms with E-state index in [4.69, 9.17) is 9.47 Å². The predicted molar refractivity (Wildman–Crippen MR) is 175 cm³/mol. The SMILES string of the molecule is C=CC[N+]1([C@H]2CC3C4CC[C@H]5C[C@H](OC(=O)CC)[C@@H](N6CCCCC6)C[C@]5(C)C4CC[C@]3(C)[C@@H]2OC(=O)CC)CCCCC1. The average Bonchev–Trinajstić information content (AvgIpc) is 3.34. The summed E-state index contributed by atoms with van der Waals surface area (Å²) in [5.74, 6) is 2.57. The van der Waals surface area contributed by atoms with Crippen molar-refractivity contribution in [3.63, 3.8) is 0 Å². The number of piperidine rings is 2. The van der Waals surface area contributed by atoms with Crippen molar-refractivity contribution in [2.24, 2.45) is 34.5 Å².